The summed E-state index contributed by atoms with van der Waals surface area (Å²) in [5, 5.41) is 5.93. The zero-order valence-corrected chi connectivity index (χ0v) is 12.9. The van der Waals surface area contributed by atoms with Crippen molar-refractivity contribution in [3.8, 4) is 0 Å². The summed E-state index contributed by atoms with van der Waals surface area (Å²) < 4.78 is 4.86. The number of piperidine rings is 1. The molecule has 2 heterocycles. The van der Waals surface area contributed by atoms with Gasteiger partial charge in [-0.25, -0.2) is 9.78 Å². The van der Waals surface area contributed by atoms with Crippen molar-refractivity contribution < 1.29 is 14.3 Å². The highest BCUT2D eigenvalue weighted by Gasteiger charge is 2.28. The van der Waals surface area contributed by atoms with E-state index in [1.807, 2.05) is 0 Å². The van der Waals surface area contributed by atoms with Crippen molar-refractivity contribution >= 4 is 23.3 Å². The molecule has 1 saturated heterocycles. The summed E-state index contributed by atoms with van der Waals surface area (Å²) in [6.45, 7) is 7.09. The Morgan fingerprint density at radius 1 is 1.35 bits per heavy atom. The summed E-state index contributed by atoms with van der Waals surface area (Å²) in [6, 6.07) is 0. The molecule has 1 aliphatic rings. The topological polar surface area (TPSA) is 68.3 Å². The first-order valence-electron chi connectivity index (χ1n) is 6.80. The molecule has 2 rings (SSSR count). The van der Waals surface area contributed by atoms with Gasteiger partial charge in [-0.15, -0.1) is 11.3 Å². The number of hydrogen-bond acceptors (Lipinski definition) is 6. The summed E-state index contributed by atoms with van der Waals surface area (Å²) >= 11 is 1.47. The highest BCUT2D eigenvalue weighted by atomic mass is 32.1. The quantitative estimate of drug-likeness (QED) is 0.670. The summed E-state index contributed by atoms with van der Waals surface area (Å²) in [7, 11) is 0. The minimum atomic E-state index is -0.691. The van der Waals surface area contributed by atoms with Crippen molar-refractivity contribution in [1.29, 1.82) is 0 Å². The molecule has 0 aliphatic carbocycles. The van der Waals surface area contributed by atoms with E-state index in [-0.39, 0.29) is 5.69 Å². The summed E-state index contributed by atoms with van der Waals surface area (Å²) in [6.07, 6.45) is 2.06. The number of carbonyl (C=O) groups is 2. The van der Waals surface area contributed by atoms with Gasteiger partial charge < -0.3 is 10.1 Å². The normalized spacial score (nSPS) is 16.9. The zero-order valence-electron chi connectivity index (χ0n) is 12.1. The van der Waals surface area contributed by atoms with Gasteiger partial charge in [0.1, 0.15) is 0 Å². The fourth-order valence-corrected chi connectivity index (χ4v) is 2.89. The van der Waals surface area contributed by atoms with Crippen LogP contribution < -0.4 is 5.32 Å². The monoisotopic (exact) mass is 296 g/mol. The second-order valence-corrected chi connectivity index (χ2v) is 6.91. The Balaban J connectivity index is 2.01. The van der Waals surface area contributed by atoms with Crippen molar-refractivity contribution in [1.82, 2.24) is 10.3 Å². The molecule has 1 aromatic heterocycles. The molecule has 0 amide bonds. The van der Waals surface area contributed by atoms with Gasteiger partial charge in [0.15, 0.2) is 5.69 Å². The first kappa shape index (κ1) is 15.1. The van der Waals surface area contributed by atoms with E-state index in [2.05, 4.69) is 10.3 Å². The zero-order chi connectivity index (χ0) is 14.8. The van der Waals surface area contributed by atoms with Gasteiger partial charge >= 0.3 is 11.9 Å². The van der Waals surface area contributed by atoms with Crippen LogP contribution in [-0.2, 0) is 9.53 Å². The van der Waals surface area contributed by atoms with Gasteiger partial charge in [0.2, 0.25) is 0 Å². The van der Waals surface area contributed by atoms with E-state index < -0.39 is 17.4 Å². The summed E-state index contributed by atoms with van der Waals surface area (Å²) in [4.78, 5) is 27.9. The molecule has 6 heteroatoms. The van der Waals surface area contributed by atoms with E-state index in [1.54, 1.807) is 26.2 Å². The summed E-state index contributed by atoms with van der Waals surface area (Å²) in [5.74, 6) is -0.776. The lowest BCUT2D eigenvalue weighted by molar-refractivity contribution is -0.146. The molecule has 1 N–H and O–H groups in total. The minimum absolute atomic E-state index is 0.237. The van der Waals surface area contributed by atoms with E-state index in [1.165, 1.54) is 11.3 Å². The maximum absolute atomic E-state index is 11.9. The molecule has 0 saturated carbocycles. The van der Waals surface area contributed by atoms with Gasteiger partial charge in [-0.2, -0.15) is 0 Å². The molecule has 1 fully saturated rings. The van der Waals surface area contributed by atoms with Crippen molar-refractivity contribution in [2.75, 3.05) is 13.1 Å². The van der Waals surface area contributed by atoms with E-state index in [9.17, 15) is 9.59 Å². The van der Waals surface area contributed by atoms with Crippen molar-refractivity contribution in [3.05, 3.63) is 16.1 Å². The Hall–Kier alpha value is -1.27. The standard InChI is InChI=1S/C14H20N2O3S/c1-14(2,3)13(18)19-12(17)10-8-20-11(16-10)9-4-6-15-7-5-9/h8-9,15H,4-7H2,1-3H3. The highest BCUT2D eigenvalue weighted by molar-refractivity contribution is 7.09. The molecular weight excluding hydrogens is 276 g/mol. The number of thiazole rings is 1. The lowest BCUT2D eigenvalue weighted by Crippen LogP contribution is -2.27. The van der Waals surface area contributed by atoms with Gasteiger partial charge in [0, 0.05) is 11.3 Å². The van der Waals surface area contributed by atoms with Gasteiger partial charge in [-0.05, 0) is 46.7 Å². The number of ether oxygens (including phenoxy) is 1. The van der Waals surface area contributed by atoms with Crippen LogP contribution in [0.5, 0.6) is 0 Å². The fraction of sp³-hybridized carbons (Fsp3) is 0.643. The van der Waals surface area contributed by atoms with Gasteiger partial charge in [-0.1, -0.05) is 0 Å². The number of carbonyl (C=O) groups excluding carboxylic acids is 2. The molecular formula is C14H20N2O3S. The predicted octanol–water partition coefficient (Wildman–Crippen LogP) is 2.34. The van der Waals surface area contributed by atoms with E-state index in [4.69, 9.17) is 4.74 Å². The molecule has 20 heavy (non-hydrogen) atoms. The van der Waals surface area contributed by atoms with E-state index >= 15 is 0 Å². The molecule has 1 aliphatic heterocycles. The number of hydrogen-bond donors (Lipinski definition) is 1. The molecule has 1 aromatic rings. The molecule has 0 bridgehead atoms. The van der Waals surface area contributed by atoms with Crippen LogP contribution in [0.1, 0.15) is 55.0 Å². The third-order valence-corrected chi connectivity index (χ3v) is 4.22. The Bertz CT molecular complexity index is 499. The molecule has 0 unspecified atom stereocenters. The maximum atomic E-state index is 11.9. The van der Waals surface area contributed by atoms with Crippen molar-refractivity contribution in [2.45, 2.75) is 39.5 Å². The Labute approximate surface area is 122 Å². The van der Waals surface area contributed by atoms with Gasteiger partial charge in [-0.3, -0.25) is 4.79 Å². The number of nitrogens with one attached hydrogen (secondary N) is 1. The molecule has 110 valence electrons. The van der Waals surface area contributed by atoms with Crippen molar-refractivity contribution in [2.24, 2.45) is 5.41 Å². The molecule has 5 nitrogen and oxygen atoms in total. The lowest BCUT2D eigenvalue weighted by atomic mass is 9.97. The van der Waals surface area contributed by atoms with Crippen molar-refractivity contribution in [3.63, 3.8) is 0 Å². The van der Waals surface area contributed by atoms with Crippen LogP contribution in [0, 0.1) is 5.41 Å². The van der Waals surface area contributed by atoms with Gasteiger partial charge in [0.25, 0.3) is 0 Å². The maximum Gasteiger partial charge on any atom is 0.365 e. The predicted molar refractivity (Wildman–Crippen MR) is 76.8 cm³/mol. The highest BCUT2D eigenvalue weighted by Crippen LogP contribution is 2.28. The second kappa shape index (κ2) is 6.01. The molecule has 0 spiro atoms. The third kappa shape index (κ3) is 3.64. The number of esters is 2. The van der Waals surface area contributed by atoms with Crippen LogP contribution in [-0.4, -0.2) is 30.0 Å². The smallest absolute Gasteiger partial charge is 0.365 e. The van der Waals surface area contributed by atoms with Gasteiger partial charge in [0.05, 0.1) is 10.4 Å². The fourth-order valence-electron chi connectivity index (χ4n) is 1.93. The first-order valence-corrected chi connectivity index (χ1v) is 7.68. The van der Waals surface area contributed by atoms with Crippen LogP contribution in [0.3, 0.4) is 0 Å². The number of nitrogens with zero attached hydrogens (tertiary/aromatic N) is 1. The van der Waals surface area contributed by atoms with Crippen LogP contribution >= 0.6 is 11.3 Å². The Morgan fingerprint density at radius 2 is 2.00 bits per heavy atom. The average Bonchev–Trinajstić information content (AvgIpc) is 2.88. The Kier molecular flexibility index (Phi) is 4.55. The van der Waals surface area contributed by atoms with Crippen LogP contribution in [0.15, 0.2) is 5.38 Å². The first-order chi connectivity index (χ1) is 9.38. The largest absolute Gasteiger partial charge is 0.388 e. The van der Waals surface area contributed by atoms with Crippen LogP contribution in [0.25, 0.3) is 0 Å². The number of aromatic nitrogens is 1. The molecule has 0 radical (unpaired) electrons. The third-order valence-electron chi connectivity index (χ3n) is 3.22. The minimum Gasteiger partial charge on any atom is -0.388 e. The van der Waals surface area contributed by atoms with Crippen LogP contribution in [0.4, 0.5) is 0 Å². The second-order valence-electron chi connectivity index (χ2n) is 6.02. The lowest BCUT2D eigenvalue weighted by Gasteiger charge is -2.20. The SMILES string of the molecule is CC(C)(C)C(=O)OC(=O)c1csc(C2CCNCC2)n1. The van der Waals surface area contributed by atoms with Crippen LogP contribution in [0.2, 0.25) is 0 Å². The molecule has 0 atom stereocenters. The Morgan fingerprint density at radius 3 is 2.60 bits per heavy atom. The number of rotatable bonds is 2. The molecule has 0 aromatic carbocycles. The summed E-state index contributed by atoms with van der Waals surface area (Å²) in [5.41, 5.74) is -0.454. The average molecular weight is 296 g/mol. The van der Waals surface area contributed by atoms with E-state index in [0.717, 1.165) is 30.9 Å². The van der Waals surface area contributed by atoms with E-state index in [0.29, 0.717) is 5.92 Å².